The summed E-state index contributed by atoms with van der Waals surface area (Å²) >= 11 is 0. The molecule has 0 aliphatic carbocycles. The van der Waals surface area contributed by atoms with Crippen molar-refractivity contribution < 1.29 is 0 Å². The second-order valence-corrected chi connectivity index (χ2v) is 13.1. The van der Waals surface area contributed by atoms with Gasteiger partial charge in [-0.15, -0.1) is 0 Å². The molecule has 0 fully saturated rings. The van der Waals surface area contributed by atoms with Gasteiger partial charge in [0.15, 0.2) is 5.82 Å². The lowest BCUT2D eigenvalue weighted by atomic mass is 9.99. The number of benzene rings is 6. The summed E-state index contributed by atoms with van der Waals surface area (Å²) in [5, 5.41) is 1.05. The Morgan fingerprint density at radius 3 is 1.68 bits per heavy atom. The van der Waals surface area contributed by atoms with E-state index in [2.05, 4.69) is 138 Å². The molecular weight excluding hydrogens is 647 g/mol. The van der Waals surface area contributed by atoms with E-state index in [1.54, 1.807) is 0 Å². The van der Waals surface area contributed by atoms with Crippen LogP contribution in [-0.2, 0) is 0 Å². The maximum absolute atomic E-state index is 5.15. The average Bonchev–Trinajstić information content (AvgIpc) is 3.64. The standard InChI is InChI=1S/C48H31N5/c1-3-12-32(13-4-1)38-16-11-17-39(30-38)43-31-42(50-48(51-43)37-14-5-2-6-15-37)35-25-21-33(22-26-35)34-23-27-36(28-24-34)45-47-46(40-18-7-8-19-41(40)49-45)52-44-20-9-10-29-53(44)47/h1-31H. The molecular formula is C48H31N5. The third kappa shape index (κ3) is 5.61. The second kappa shape index (κ2) is 12.8. The number of hydrogen-bond acceptors (Lipinski definition) is 4. The number of imidazole rings is 1. The van der Waals surface area contributed by atoms with Gasteiger partial charge in [-0.1, -0.05) is 152 Å². The lowest BCUT2D eigenvalue weighted by Crippen LogP contribution is -1.96. The summed E-state index contributed by atoms with van der Waals surface area (Å²) in [6.45, 7) is 0. The van der Waals surface area contributed by atoms with Gasteiger partial charge in [-0.3, -0.25) is 4.40 Å². The molecule has 0 radical (unpaired) electrons. The summed E-state index contributed by atoms with van der Waals surface area (Å²) < 4.78 is 2.14. The van der Waals surface area contributed by atoms with E-state index < -0.39 is 0 Å². The predicted molar refractivity (Wildman–Crippen MR) is 216 cm³/mol. The van der Waals surface area contributed by atoms with Crippen molar-refractivity contribution in [2.24, 2.45) is 0 Å². The molecule has 4 heterocycles. The van der Waals surface area contributed by atoms with Crippen LogP contribution in [0.15, 0.2) is 188 Å². The second-order valence-electron chi connectivity index (χ2n) is 13.1. The molecule has 0 spiro atoms. The molecule has 4 aromatic heterocycles. The van der Waals surface area contributed by atoms with Crippen molar-refractivity contribution in [3.63, 3.8) is 0 Å². The van der Waals surface area contributed by atoms with E-state index in [9.17, 15) is 0 Å². The first-order valence-corrected chi connectivity index (χ1v) is 17.7. The highest BCUT2D eigenvalue weighted by Gasteiger charge is 2.17. The minimum Gasteiger partial charge on any atom is -0.298 e. The number of aromatic nitrogens is 5. The molecule has 0 bridgehead atoms. The van der Waals surface area contributed by atoms with Gasteiger partial charge in [0.25, 0.3) is 0 Å². The first-order chi connectivity index (χ1) is 26.2. The van der Waals surface area contributed by atoms with Gasteiger partial charge in [0.2, 0.25) is 0 Å². The minimum atomic E-state index is 0.699. The Bertz CT molecular complexity index is 2920. The van der Waals surface area contributed by atoms with Crippen molar-refractivity contribution in [2.75, 3.05) is 0 Å². The number of nitrogens with zero attached hydrogens (tertiary/aromatic N) is 5. The molecule has 248 valence electrons. The molecule has 0 unspecified atom stereocenters. The molecule has 0 saturated heterocycles. The largest absolute Gasteiger partial charge is 0.298 e. The molecule has 0 atom stereocenters. The number of para-hydroxylation sites is 1. The Morgan fingerprint density at radius 2 is 0.925 bits per heavy atom. The van der Waals surface area contributed by atoms with Crippen LogP contribution in [0.25, 0.3) is 95.0 Å². The quantitative estimate of drug-likeness (QED) is 0.176. The molecule has 0 N–H and O–H groups in total. The van der Waals surface area contributed by atoms with Crippen LogP contribution in [0.3, 0.4) is 0 Å². The van der Waals surface area contributed by atoms with Crippen molar-refractivity contribution in [3.05, 3.63) is 188 Å². The van der Waals surface area contributed by atoms with Gasteiger partial charge in [0.1, 0.15) is 11.2 Å². The minimum absolute atomic E-state index is 0.699. The highest BCUT2D eigenvalue weighted by atomic mass is 15.0. The molecule has 0 aliphatic heterocycles. The van der Waals surface area contributed by atoms with Crippen LogP contribution in [0.1, 0.15) is 0 Å². The van der Waals surface area contributed by atoms with E-state index in [0.717, 1.165) is 83.6 Å². The van der Waals surface area contributed by atoms with Gasteiger partial charge in [0.05, 0.1) is 28.1 Å². The van der Waals surface area contributed by atoms with Crippen molar-refractivity contribution >= 4 is 27.6 Å². The summed E-state index contributed by atoms with van der Waals surface area (Å²) in [4.78, 5) is 20.3. The van der Waals surface area contributed by atoms with Crippen LogP contribution in [0.4, 0.5) is 0 Å². The van der Waals surface area contributed by atoms with Crippen molar-refractivity contribution in [2.45, 2.75) is 0 Å². The zero-order chi connectivity index (χ0) is 35.1. The summed E-state index contributed by atoms with van der Waals surface area (Å²) in [6.07, 6.45) is 2.06. The maximum Gasteiger partial charge on any atom is 0.160 e. The van der Waals surface area contributed by atoms with Gasteiger partial charge >= 0.3 is 0 Å². The van der Waals surface area contributed by atoms with Gasteiger partial charge in [-0.05, 0) is 52.6 Å². The lowest BCUT2D eigenvalue weighted by Gasteiger charge is -2.11. The SMILES string of the molecule is c1ccc(-c2cccc(-c3cc(-c4ccc(-c5ccc(-c6nc7ccccc7c7nc8ccccn8c67)cc5)cc4)nc(-c4ccccc4)n3)c2)cc1. The Hall–Kier alpha value is -7.24. The van der Waals surface area contributed by atoms with E-state index >= 15 is 0 Å². The molecule has 5 heteroatoms. The highest BCUT2D eigenvalue weighted by Crippen LogP contribution is 2.35. The molecule has 10 rings (SSSR count). The normalized spacial score (nSPS) is 11.4. The first-order valence-electron chi connectivity index (χ1n) is 17.7. The summed E-state index contributed by atoms with van der Waals surface area (Å²) in [5.41, 5.74) is 15.2. The van der Waals surface area contributed by atoms with Gasteiger partial charge in [-0.25, -0.2) is 19.9 Å². The van der Waals surface area contributed by atoms with E-state index in [1.165, 1.54) is 5.56 Å². The average molecular weight is 678 g/mol. The Morgan fingerprint density at radius 1 is 0.358 bits per heavy atom. The third-order valence-corrected chi connectivity index (χ3v) is 9.84. The number of hydrogen-bond donors (Lipinski definition) is 0. The summed E-state index contributed by atoms with van der Waals surface area (Å²) in [5.74, 6) is 0.699. The van der Waals surface area contributed by atoms with Gasteiger partial charge in [0, 0.05) is 33.8 Å². The lowest BCUT2D eigenvalue weighted by molar-refractivity contribution is 1.18. The van der Waals surface area contributed by atoms with Crippen LogP contribution in [0.2, 0.25) is 0 Å². The Balaban J connectivity index is 1.01. The molecule has 0 aliphatic rings. The van der Waals surface area contributed by atoms with Crippen molar-refractivity contribution in [1.82, 2.24) is 24.3 Å². The number of pyridine rings is 2. The fourth-order valence-electron chi connectivity index (χ4n) is 7.16. The van der Waals surface area contributed by atoms with Crippen LogP contribution in [0.5, 0.6) is 0 Å². The summed E-state index contributed by atoms with van der Waals surface area (Å²) in [7, 11) is 0. The van der Waals surface area contributed by atoms with Gasteiger partial charge < -0.3 is 0 Å². The zero-order valence-corrected chi connectivity index (χ0v) is 28.6. The van der Waals surface area contributed by atoms with Crippen molar-refractivity contribution in [1.29, 1.82) is 0 Å². The van der Waals surface area contributed by atoms with Crippen LogP contribution < -0.4 is 0 Å². The van der Waals surface area contributed by atoms with Crippen LogP contribution in [0, 0.1) is 0 Å². The van der Waals surface area contributed by atoms with E-state index in [0.29, 0.717) is 5.82 Å². The summed E-state index contributed by atoms with van der Waals surface area (Å²) in [6, 6.07) is 62.9. The molecule has 0 amide bonds. The highest BCUT2D eigenvalue weighted by molar-refractivity contribution is 6.09. The van der Waals surface area contributed by atoms with Gasteiger partial charge in [-0.2, -0.15) is 0 Å². The van der Waals surface area contributed by atoms with Crippen LogP contribution in [-0.4, -0.2) is 24.3 Å². The van der Waals surface area contributed by atoms with Crippen LogP contribution >= 0.6 is 0 Å². The Labute approximate surface area is 306 Å². The molecule has 10 aromatic rings. The predicted octanol–water partition coefficient (Wildman–Crippen LogP) is 11.8. The van der Waals surface area contributed by atoms with E-state index in [4.69, 9.17) is 19.9 Å². The zero-order valence-electron chi connectivity index (χ0n) is 28.6. The molecule has 0 saturated carbocycles. The maximum atomic E-state index is 5.15. The van der Waals surface area contributed by atoms with E-state index in [1.807, 2.05) is 54.6 Å². The molecule has 6 aromatic carbocycles. The fraction of sp³-hybridized carbons (Fsp3) is 0. The Kier molecular flexibility index (Phi) is 7.40. The number of rotatable bonds is 6. The monoisotopic (exact) mass is 677 g/mol. The van der Waals surface area contributed by atoms with Crippen molar-refractivity contribution in [3.8, 4) is 67.4 Å². The number of fused-ring (bicyclic) bond motifs is 5. The third-order valence-electron chi connectivity index (χ3n) is 9.84. The first kappa shape index (κ1) is 30.6. The van der Waals surface area contributed by atoms with E-state index in [-0.39, 0.29) is 0 Å². The molecule has 5 nitrogen and oxygen atoms in total. The fourth-order valence-corrected chi connectivity index (χ4v) is 7.16. The topological polar surface area (TPSA) is 56.0 Å². The smallest absolute Gasteiger partial charge is 0.160 e. The molecule has 53 heavy (non-hydrogen) atoms.